The van der Waals surface area contributed by atoms with E-state index in [2.05, 4.69) is 61.1 Å². The average Bonchev–Trinajstić information content (AvgIpc) is 1.62. The van der Waals surface area contributed by atoms with E-state index < -0.39 is 52.1 Å². The van der Waals surface area contributed by atoms with Gasteiger partial charge >= 0.3 is 0 Å². The number of nitrogens with zero attached hydrogens (tertiary/aromatic N) is 12. The van der Waals surface area contributed by atoms with Crippen molar-refractivity contribution in [2.75, 3.05) is 186 Å². The van der Waals surface area contributed by atoms with Crippen molar-refractivity contribution >= 4 is 204 Å². The van der Waals surface area contributed by atoms with Crippen molar-refractivity contribution in [3.63, 3.8) is 0 Å². The molecule has 1 unspecified atom stereocenters. The van der Waals surface area contributed by atoms with Crippen LogP contribution in [0.5, 0.6) is 0 Å². The smallest absolute Gasteiger partial charge is 0.244 e. The summed E-state index contributed by atoms with van der Waals surface area (Å²) < 4.78 is 46.0. The van der Waals surface area contributed by atoms with Gasteiger partial charge in [0, 0.05) is 160 Å². The molecule has 8 fully saturated rings. The number of hydrogen-bond donors (Lipinski definition) is 8. The summed E-state index contributed by atoms with van der Waals surface area (Å²) in [5.41, 5.74) is 7.57. The molecule has 8 amide bonds. The van der Waals surface area contributed by atoms with E-state index in [4.69, 9.17) is 84.3 Å². The molecule has 8 N–H and O–H groups in total. The number of carbonyl (C=O) groups excluding carboxylic acids is 8. The molecule has 0 aliphatic carbocycles. The third-order valence-corrected chi connectivity index (χ3v) is 27.7. The Morgan fingerprint density at radius 2 is 0.681 bits per heavy atom. The summed E-state index contributed by atoms with van der Waals surface area (Å²) in [5, 5.41) is 21.8. The van der Waals surface area contributed by atoms with Crippen LogP contribution in [0.2, 0.25) is 20.1 Å². The highest BCUT2D eigenvalue weighted by Gasteiger charge is 2.46. The topological polar surface area (TPSA) is 399 Å². The predicted molar refractivity (Wildman–Crippen MR) is 543 cm³/mol. The van der Waals surface area contributed by atoms with Crippen LogP contribution in [0.1, 0.15) is 88.6 Å². The number of morpholine rings is 8. The van der Waals surface area contributed by atoms with Crippen molar-refractivity contribution < 1.29 is 76.3 Å². The predicted octanol–water partition coefficient (Wildman–Crippen LogP) is 12.4. The van der Waals surface area contributed by atoms with E-state index in [1.54, 1.807) is 83.6 Å². The number of ether oxygens (including phenoxy) is 8. The van der Waals surface area contributed by atoms with Gasteiger partial charge in [-0.05, 0) is 162 Å². The van der Waals surface area contributed by atoms with Crippen LogP contribution in [0.3, 0.4) is 0 Å². The lowest BCUT2D eigenvalue weighted by molar-refractivity contribution is -0.158. The molecule has 0 radical (unpaired) electrons. The first-order valence-electron chi connectivity index (χ1n) is 47.6. The first kappa shape index (κ1) is 102. The number of carbonyl (C=O) groups is 8. The molecule has 4 aromatic carbocycles. The number of benzene rings is 4. The Morgan fingerprint density at radius 3 is 1.03 bits per heavy atom. The number of amides is 8. The molecule has 20 rings (SSSR count). The Hall–Kier alpha value is -10.9. The van der Waals surface area contributed by atoms with E-state index in [-0.39, 0.29) is 112 Å². The zero-order chi connectivity index (χ0) is 99.9. The quantitative estimate of drug-likeness (QED) is 0.0445. The molecule has 8 aliphatic rings. The zero-order valence-electron chi connectivity index (χ0n) is 81.5. The van der Waals surface area contributed by atoms with Gasteiger partial charge in [-0.25, -0.2) is 0 Å². The van der Waals surface area contributed by atoms with Crippen molar-refractivity contribution in [3.05, 3.63) is 142 Å². The van der Waals surface area contributed by atoms with Gasteiger partial charge < -0.3 is 98.7 Å². The molecule has 16 heterocycles. The number of aromatic amines is 4. The SMILES string of the molecule is CC1(C)CN(CC(=O)N2CCOCC2(C)C)[C@H](C(=O)Nc2cc(Cl)cc3c2[nH]c2cnccc23)CO1.CC1(C)CN(CC(=O)N2CCOCC2)C(C(=O)Nc2cc(Cl)cc3c2[nH]c2cnccc23)CO1.C[C@@H]1CN(C(=O)CN2CC(C)(C)OC[C@H]2C(=O)Nc2cc(Cl)cc3c2[nH]c2cnccc23)C[C@H](C)O1.Cc1cncc2[nH]c3c(NC(=O)[C@@H]4COC(C)(C)CN4CC(=O)N4CCOCC4)cc(Cl)cc3c12. The van der Waals surface area contributed by atoms with Crippen LogP contribution in [0, 0.1) is 6.92 Å². The highest BCUT2D eigenvalue weighted by molar-refractivity contribution is 6.35. The number of H-pyrrole nitrogens is 4. The Kier molecular flexibility index (Phi) is 30.4. The molecule has 0 bridgehead atoms. The summed E-state index contributed by atoms with van der Waals surface area (Å²) in [7, 11) is 0. The highest BCUT2D eigenvalue weighted by Crippen LogP contribution is 2.41. The summed E-state index contributed by atoms with van der Waals surface area (Å²) in [4.78, 5) is 152. The van der Waals surface area contributed by atoms with Gasteiger partial charge in [0.25, 0.3) is 0 Å². The van der Waals surface area contributed by atoms with Gasteiger partial charge in [0.15, 0.2) is 0 Å². The molecule has 8 saturated heterocycles. The molecule has 6 atom stereocenters. The molecule has 36 nitrogen and oxygen atoms in total. The van der Waals surface area contributed by atoms with Crippen molar-refractivity contribution in [2.45, 2.75) is 154 Å². The van der Waals surface area contributed by atoms with Crippen LogP contribution < -0.4 is 21.3 Å². The fourth-order valence-corrected chi connectivity index (χ4v) is 20.9. The molecule has 8 aliphatic heterocycles. The van der Waals surface area contributed by atoms with Gasteiger partial charge in [-0.3, -0.25) is 77.9 Å². The number of hydrogen-bond acceptors (Lipinski definition) is 24. The second-order valence-corrected chi connectivity index (χ2v) is 42.3. The minimum absolute atomic E-state index is 0.00691. The fourth-order valence-electron chi connectivity index (χ4n) is 20.1. The van der Waals surface area contributed by atoms with E-state index in [0.717, 1.165) is 92.8 Å². The molecule has 750 valence electrons. The second-order valence-electron chi connectivity index (χ2n) is 40.5. The monoisotopic (exact) mass is 2010 g/mol. The molecule has 40 heteroatoms. The number of nitrogens with one attached hydrogen (secondary N) is 8. The minimum atomic E-state index is -0.633. The summed E-state index contributed by atoms with van der Waals surface area (Å²) in [6.45, 7) is 35.8. The van der Waals surface area contributed by atoms with Crippen molar-refractivity contribution in [3.8, 4) is 0 Å². The number of aromatic nitrogens is 8. The Balaban J connectivity index is 0.000000130. The lowest BCUT2D eigenvalue weighted by atomic mass is 10.0. The Labute approximate surface area is 835 Å². The summed E-state index contributed by atoms with van der Waals surface area (Å²) >= 11 is 25.7. The Bertz CT molecular complexity index is 6720. The molecule has 8 aromatic heterocycles. The normalized spacial score (nSPS) is 22.3. The van der Waals surface area contributed by atoms with Crippen molar-refractivity contribution in [2.24, 2.45) is 0 Å². The number of rotatable bonds is 16. The largest absolute Gasteiger partial charge is 0.378 e. The Morgan fingerprint density at radius 1 is 0.376 bits per heavy atom. The van der Waals surface area contributed by atoms with Gasteiger partial charge in [-0.1, -0.05) is 46.4 Å². The maximum atomic E-state index is 13.6. The van der Waals surface area contributed by atoms with Crippen LogP contribution >= 0.6 is 46.4 Å². The van der Waals surface area contributed by atoms with E-state index in [1.807, 2.05) is 162 Å². The van der Waals surface area contributed by atoms with Crippen molar-refractivity contribution in [1.82, 2.24) is 79.1 Å². The van der Waals surface area contributed by atoms with Gasteiger partial charge in [0.05, 0.1) is 224 Å². The number of pyridine rings is 4. The summed E-state index contributed by atoms with van der Waals surface area (Å²) in [6.07, 6.45) is 13.9. The lowest BCUT2D eigenvalue weighted by Crippen LogP contribution is -2.62. The molecular formula is C101H122Cl4N20O16. The van der Waals surface area contributed by atoms with Crippen LogP contribution in [0.15, 0.2) is 116 Å². The lowest BCUT2D eigenvalue weighted by Gasteiger charge is -2.46. The number of aryl methyl sites for hydroxylation is 1. The van der Waals surface area contributed by atoms with Gasteiger partial charge in [-0.15, -0.1) is 0 Å². The standard InChI is InChI=1S/2C26H32ClN5O4.C25H30ClN5O4.C24H28ClN5O4/c1-15-10-31(11-16(2)36-15)23(33)12-32-14-26(3,4)35-13-22(32)25(34)30-20-8-17(27)7-19-18-5-6-28-9-21(18)29-24(19)20;1-25(2)15-35-8-7-32(25)22(33)12-31-14-26(3,4)36-13-21(31)24(34)30-19-10-16(27)9-18-17-5-6-28-11-20(17)29-23(18)19;1-15-10-27-11-19-22(15)17-8-16(26)9-18(23(17)28-19)29-24(33)20-13-35-25(2,3)14-31(20)12-21(32)30-4-6-34-7-5-30;1-24(2)14-30(12-21(31)29-5-7-33-8-6-29)20(13-34-24)23(32)28-18-10-15(25)9-17-16-3-4-26-11-19(16)27-22(17)18/h5-9,15-16,22,29H,10-14H2,1-4H3,(H,30,34);5-6,9-11,21,29H,7-8,12-15H2,1-4H3,(H,30,34);8-11,20,28H,4-7,12-14H2,1-3H3,(H,29,33);3-4,9-11,20,27H,5-8,12-14H2,1-2H3,(H,28,32)/t15-,16+,22-;21-;20-;/m000./s1. The number of fused-ring (bicyclic) bond motifs is 12. The maximum absolute atomic E-state index is 13.6. The summed E-state index contributed by atoms with van der Waals surface area (Å²) in [6, 6.07) is 17.6. The summed E-state index contributed by atoms with van der Waals surface area (Å²) in [5.74, 6) is -1.03. The van der Waals surface area contributed by atoms with Crippen LogP contribution in [0.4, 0.5) is 22.7 Å². The average molecular weight is 2010 g/mol. The van der Waals surface area contributed by atoms with E-state index in [0.29, 0.717) is 154 Å². The second kappa shape index (κ2) is 42.2. The van der Waals surface area contributed by atoms with Gasteiger partial charge in [-0.2, -0.15) is 0 Å². The first-order valence-corrected chi connectivity index (χ1v) is 49.2. The molecule has 141 heavy (non-hydrogen) atoms. The highest BCUT2D eigenvalue weighted by atomic mass is 35.5. The zero-order valence-corrected chi connectivity index (χ0v) is 84.5. The number of halogens is 4. The molecular weight excluding hydrogens is 1890 g/mol. The maximum Gasteiger partial charge on any atom is 0.244 e. The fraction of sp³-hybridized carbons (Fsp3) is 0.485. The van der Waals surface area contributed by atoms with E-state index in [1.165, 1.54) is 0 Å². The molecule has 12 aromatic rings. The van der Waals surface area contributed by atoms with E-state index >= 15 is 0 Å². The van der Waals surface area contributed by atoms with Gasteiger partial charge in [0.1, 0.15) is 24.2 Å². The minimum Gasteiger partial charge on any atom is -0.378 e. The third kappa shape index (κ3) is 23.5. The van der Waals surface area contributed by atoms with Crippen LogP contribution in [0.25, 0.3) is 87.2 Å². The van der Waals surface area contributed by atoms with Gasteiger partial charge in [0.2, 0.25) is 47.3 Å². The van der Waals surface area contributed by atoms with E-state index in [9.17, 15) is 38.4 Å². The third-order valence-electron chi connectivity index (χ3n) is 26.9. The van der Waals surface area contributed by atoms with Crippen LogP contribution in [-0.4, -0.2) is 355 Å². The van der Waals surface area contributed by atoms with Crippen LogP contribution in [-0.2, 0) is 76.3 Å². The molecule has 0 spiro atoms. The number of anilines is 4. The van der Waals surface area contributed by atoms with Crippen molar-refractivity contribution in [1.29, 1.82) is 0 Å². The first-order chi connectivity index (χ1) is 67.2. The molecule has 0 saturated carbocycles.